The summed E-state index contributed by atoms with van der Waals surface area (Å²) in [7, 11) is 0. The Morgan fingerprint density at radius 1 is 1.29 bits per heavy atom. The molecular formula is C21H28O3. The van der Waals surface area contributed by atoms with Crippen molar-refractivity contribution in [2.45, 2.75) is 70.8 Å². The molecule has 130 valence electrons. The van der Waals surface area contributed by atoms with Gasteiger partial charge in [-0.05, 0) is 85.0 Å². The van der Waals surface area contributed by atoms with Crippen LogP contribution in [0, 0.1) is 17.3 Å². The van der Waals surface area contributed by atoms with Crippen molar-refractivity contribution in [1.82, 2.24) is 0 Å². The Morgan fingerprint density at radius 2 is 2.12 bits per heavy atom. The number of carbonyl (C=O) groups is 1. The second kappa shape index (κ2) is 5.87. The van der Waals surface area contributed by atoms with Crippen LogP contribution in [0.3, 0.4) is 0 Å². The molecule has 0 unspecified atom stereocenters. The van der Waals surface area contributed by atoms with E-state index < -0.39 is 0 Å². The number of aliphatic hydroxyl groups excluding tert-OH is 1. The van der Waals surface area contributed by atoms with Crippen molar-refractivity contribution in [3.63, 3.8) is 0 Å². The van der Waals surface area contributed by atoms with Crippen molar-refractivity contribution in [1.29, 1.82) is 0 Å². The highest BCUT2D eigenvalue weighted by Gasteiger charge is 2.54. The average Bonchev–Trinajstić information content (AvgIpc) is 2.89. The summed E-state index contributed by atoms with van der Waals surface area (Å²) in [5.41, 5.74) is 2.96. The molecule has 24 heavy (non-hydrogen) atoms. The molecule has 0 spiro atoms. The zero-order valence-electron chi connectivity index (χ0n) is 14.8. The predicted octanol–water partition coefficient (Wildman–Crippen LogP) is 4.22. The molecule has 2 fully saturated rings. The monoisotopic (exact) mass is 328 g/mol. The summed E-state index contributed by atoms with van der Waals surface area (Å²) in [5, 5.41) is 10.5. The number of aryl methyl sites for hydroxylation is 1. The summed E-state index contributed by atoms with van der Waals surface area (Å²) in [6.07, 6.45) is 7.03. The molecule has 2 saturated carbocycles. The molecular weight excluding hydrogens is 300 g/mol. The minimum Gasteiger partial charge on any atom is -0.427 e. The van der Waals surface area contributed by atoms with E-state index in [0.717, 1.165) is 19.3 Å². The third kappa shape index (κ3) is 2.40. The third-order valence-electron chi connectivity index (χ3n) is 7.17. The van der Waals surface area contributed by atoms with Crippen molar-refractivity contribution in [3.8, 4) is 5.75 Å². The Balaban J connectivity index is 1.60. The zero-order chi connectivity index (χ0) is 16.9. The lowest BCUT2D eigenvalue weighted by Gasteiger charge is -2.50. The highest BCUT2D eigenvalue weighted by atomic mass is 16.5. The maximum atomic E-state index is 11.5. The normalized spacial score (nSPS) is 37.3. The van der Waals surface area contributed by atoms with Gasteiger partial charge in [0.25, 0.3) is 0 Å². The maximum absolute atomic E-state index is 11.5. The van der Waals surface area contributed by atoms with Crippen LogP contribution in [0.4, 0.5) is 0 Å². The molecule has 0 heterocycles. The van der Waals surface area contributed by atoms with E-state index in [4.69, 9.17) is 4.74 Å². The first kappa shape index (κ1) is 16.1. The van der Waals surface area contributed by atoms with Gasteiger partial charge < -0.3 is 9.84 Å². The number of aliphatic hydroxyl groups is 1. The van der Waals surface area contributed by atoms with E-state index in [1.807, 2.05) is 13.0 Å². The van der Waals surface area contributed by atoms with Crippen LogP contribution in [0.25, 0.3) is 0 Å². The minimum atomic E-state index is -0.169. The number of ether oxygens (including phenoxy) is 1. The molecule has 0 bridgehead atoms. The fourth-order valence-electron chi connectivity index (χ4n) is 5.80. The summed E-state index contributed by atoms with van der Waals surface area (Å²) in [6, 6.07) is 6.24. The fraction of sp³-hybridized carbons (Fsp3) is 0.667. The maximum Gasteiger partial charge on any atom is 0.310 e. The number of esters is 1. The second-order valence-corrected chi connectivity index (χ2v) is 8.24. The molecule has 3 aliphatic rings. The molecule has 0 amide bonds. The van der Waals surface area contributed by atoms with Crippen molar-refractivity contribution in [2.75, 3.05) is 0 Å². The van der Waals surface area contributed by atoms with Crippen molar-refractivity contribution >= 4 is 5.97 Å². The van der Waals surface area contributed by atoms with Crippen LogP contribution >= 0.6 is 0 Å². The summed E-state index contributed by atoms with van der Waals surface area (Å²) < 4.78 is 5.39. The lowest BCUT2D eigenvalue weighted by atomic mass is 9.55. The summed E-state index contributed by atoms with van der Waals surface area (Å²) in [5.74, 6) is 2.51. The van der Waals surface area contributed by atoms with Gasteiger partial charge in [-0.3, -0.25) is 4.79 Å². The molecule has 0 radical (unpaired) electrons. The molecule has 3 heteroatoms. The van der Waals surface area contributed by atoms with Gasteiger partial charge in [-0.1, -0.05) is 19.9 Å². The van der Waals surface area contributed by atoms with E-state index in [1.165, 1.54) is 30.4 Å². The Morgan fingerprint density at radius 3 is 2.92 bits per heavy atom. The molecule has 0 saturated heterocycles. The zero-order valence-corrected chi connectivity index (χ0v) is 14.8. The standard InChI is InChI=1S/C21H28O3/c1-3-20(23)24-14-5-7-15-13(12-14)4-6-17-16(15)10-11-21(2)18(17)8-9-19(21)22/h5,7,12,16-19,22H,3-4,6,8-11H2,1-2H3/t16-,17-,18+,19+,21+/m1/s1. The van der Waals surface area contributed by atoms with Gasteiger partial charge in [-0.15, -0.1) is 0 Å². The first-order valence-corrected chi connectivity index (χ1v) is 9.54. The molecule has 1 N–H and O–H groups in total. The number of benzene rings is 1. The Kier molecular flexibility index (Phi) is 3.95. The molecule has 4 rings (SSSR count). The molecule has 0 aliphatic heterocycles. The lowest BCUT2D eigenvalue weighted by molar-refractivity contribution is -0.134. The summed E-state index contributed by atoms with van der Waals surface area (Å²) in [4.78, 5) is 11.5. The lowest BCUT2D eigenvalue weighted by Crippen LogP contribution is -2.43. The molecule has 1 aromatic carbocycles. The first-order valence-electron chi connectivity index (χ1n) is 9.54. The van der Waals surface area contributed by atoms with Gasteiger partial charge in [0.2, 0.25) is 0 Å². The van der Waals surface area contributed by atoms with Gasteiger partial charge in [-0.2, -0.15) is 0 Å². The van der Waals surface area contributed by atoms with Gasteiger partial charge >= 0.3 is 5.97 Å². The topological polar surface area (TPSA) is 46.5 Å². The van der Waals surface area contributed by atoms with E-state index in [0.29, 0.717) is 29.9 Å². The van der Waals surface area contributed by atoms with E-state index in [1.54, 1.807) is 0 Å². The van der Waals surface area contributed by atoms with Gasteiger partial charge in [0.15, 0.2) is 0 Å². The summed E-state index contributed by atoms with van der Waals surface area (Å²) in [6.45, 7) is 4.13. The SMILES string of the molecule is CCC(=O)Oc1ccc2c(c1)CC[C@@H]1[C@@H]2CC[C@]2(C)[C@@H](O)CC[C@@H]12. The molecule has 5 atom stereocenters. The van der Waals surface area contributed by atoms with Gasteiger partial charge in [0, 0.05) is 6.42 Å². The van der Waals surface area contributed by atoms with E-state index in [9.17, 15) is 9.90 Å². The van der Waals surface area contributed by atoms with Crippen LogP contribution < -0.4 is 4.74 Å². The number of hydrogen-bond donors (Lipinski definition) is 1. The van der Waals surface area contributed by atoms with Crippen LogP contribution in [0.2, 0.25) is 0 Å². The van der Waals surface area contributed by atoms with Gasteiger partial charge in [-0.25, -0.2) is 0 Å². The fourth-order valence-corrected chi connectivity index (χ4v) is 5.80. The van der Waals surface area contributed by atoms with E-state index in [2.05, 4.69) is 19.1 Å². The van der Waals surface area contributed by atoms with Crippen LogP contribution in [-0.2, 0) is 11.2 Å². The molecule has 3 nitrogen and oxygen atoms in total. The Labute approximate surface area is 144 Å². The van der Waals surface area contributed by atoms with Crippen molar-refractivity contribution in [2.24, 2.45) is 17.3 Å². The average molecular weight is 328 g/mol. The highest BCUT2D eigenvalue weighted by molar-refractivity contribution is 5.72. The van der Waals surface area contributed by atoms with Crippen molar-refractivity contribution < 1.29 is 14.6 Å². The van der Waals surface area contributed by atoms with Crippen molar-refractivity contribution in [3.05, 3.63) is 29.3 Å². The largest absolute Gasteiger partial charge is 0.427 e. The molecule has 0 aromatic heterocycles. The summed E-state index contributed by atoms with van der Waals surface area (Å²) >= 11 is 0. The van der Waals surface area contributed by atoms with Gasteiger partial charge in [0.05, 0.1) is 6.10 Å². The number of hydrogen-bond acceptors (Lipinski definition) is 3. The predicted molar refractivity (Wildman–Crippen MR) is 93.0 cm³/mol. The van der Waals surface area contributed by atoms with E-state index >= 15 is 0 Å². The number of carbonyl (C=O) groups excluding carboxylic acids is 1. The molecule has 3 aliphatic carbocycles. The Bertz CT molecular complexity index is 652. The molecule has 1 aromatic rings. The third-order valence-corrected chi connectivity index (χ3v) is 7.17. The Hall–Kier alpha value is -1.35. The van der Waals surface area contributed by atoms with Crippen LogP contribution in [0.5, 0.6) is 5.75 Å². The smallest absolute Gasteiger partial charge is 0.310 e. The minimum absolute atomic E-state index is 0.110. The van der Waals surface area contributed by atoms with Gasteiger partial charge in [0.1, 0.15) is 5.75 Å². The number of fused-ring (bicyclic) bond motifs is 5. The van der Waals surface area contributed by atoms with Crippen LogP contribution in [0.15, 0.2) is 18.2 Å². The van der Waals surface area contributed by atoms with Crippen LogP contribution in [-0.4, -0.2) is 17.2 Å². The number of rotatable bonds is 2. The van der Waals surface area contributed by atoms with E-state index in [-0.39, 0.29) is 17.5 Å². The second-order valence-electron chi connectivity index (χ2n) is 8.24. The van der Waals surface area contributed by atoms with Crippen LogP contribution in [0.1, 0.15) is 69.4 Å². The quantitative estimate of drug-likeness (QED) is 0.653. The first-order chi connectivity index (χ1) is 11.5. The highest BCUT2D eigenvalue weighted by Crippen LogP contribution is 2.60.